The molecule has 0 saturated carbocycles. The molecule has 6 heteroatoms. The summed E-state index contributed by atoms with van der Waals surface area (Å²) in [6, 6.07) is 6.67. The number of nitrogen functional groups attached to an aromatic ring is 1. The van der Waals surface area contributed by atoms with Gasteiger partial charge in [0.25, 0.3) is 0 Å². The van der Waals surface area contributed by atoms with E-state index in [4.69, 9.17) is 11.1 Å². The first kappa shape index (κ1) is 16.0. The predicted octanol–water partition coefficient (Wildman–Crippen LogP) is 1.47. The zero-order valence-corrected chi connectivity index (χ0v) is 13.4. The van der Waals surface area contributed by atoms with Crippen molar-refractivity contribution in [2.24, 2.45) is 11.7 Å². The van der Waals surface area contributed by atoms with Crippen LogP contribution in [-0.2, 0) is 9.84 Å². The zero-order chi connectivity index (χ0) is 15.6. The second-order valence-corrected chi connectivity index (χ2v) is 8.05. The summed E-state index contributed by atoms with van der Waals surface area (Å²) in [6.07, 6.45) is 1.13. The summed E-state index contributed by atoms with van der Waals surface area (Å²) in [5.74, 6) is 0.708. The highest BCUT2D eigenvalue weighted by Crippen LogP contribution is 2.22. The summed E-state index contributed by atoms with van der Waals surface area (Å²) in [6.45, 7) is 5.89. The van der Waals surface area contributed by atoms with Gasteiger partial charge in [0.1, 0.15) is 5.84 Å². The average molecular weight is 309 g/mol. The van der Waals surface area contributed by atoms with Crippen LogP contribution in [0.3, 0.4) is 0 Å². The SMILES string of the molecule is CC1CC(C)N(CCS(=O)(=O)c2ccc(C(=N)N)cc2)C1. The number of nitrogens with two attached hydrogens (primary N) is 1. The molecule has 1 aliphatic rings. The molecule has 0 radical (unpaired) electrons. The van der Waals surface area contributed by atoms with Crippen LogP contribution in [0.5, 0.6) is 0 Å². The topological polar surface area (TPSA) is 87.2 Å². The molecule has 0 aliphatic carbocycles. The number of hydrogen-bond donors (Lipinski definition) is 2. The van der Waals surface area contributed by atoms with Crippen LogP contribution in [0.1, 0.15) is 25.8 Å². The summed E-state index contributed by atoms with van der Waals surface area (Å²) in [7, 11) is -3.28. The first-order valence-electron chi connectivity index (χ1n) is 7.21. The summed E-state index contributed by atoms with van der Waals surface area (Å²) >= 11 is 0. The summed E-state index contributed by atoms with van der Waals surface area (Å²) in [4.78, 5) is 2.54. The van der Waals surface area contributed by atoms with Crippen molar-refractivity contribution in [3.05, 3.63) is 29.8 Å². The molecule has 1 aliphatic heterocycles. The Morgan fingerprint density at radius 2 is 1.95 bits per heavy atom. The second-order valence-electron chi connectivity index (χ2n) is 5.94. The van der Waals surface area contributed by atoms with E-state index in [-0.39, 0.29) is 11.6 Å². The molecule has 1 aromatic carbocycles. The average Bonchev–Trinajstić information content (AvgIpc) is 2.75. The van der Waals surface area contributed by atoms with Crippen LogP contribution in [0, 0.1) is 11.3 Å². The molecule has 0 spiro atoms. The third kappa shape index (κ3) is 3.83. The molecule has 2 rings (SSSR count). The van der Waals surface area contributed by atoms with E-state index in [1.807, 2.05) is 0 Å². The molecule has 3 N–H and O–H groups in total. The molecule has 5 nitrogen and oxygen atoms in total. The monoisotopic (exact) mass is 309 g/mol. The smallest absolute Gasteiger partial charge is 0.179 e. The Morgan fingerprint density at radius 1 is 1.33 bits per heavy atom. The first-order chi connectivity index (χ1) is 9.79. The number of likely N-dealkylation sites (tertiary alicyclic amines) is 1. The molecule has 2 atom stereocenters. The van der Waals surface area contributed by atoms with E-state index in [1.165, 1.54) is 12.1 Å². The van der Waals surface area contributed by atoms with Crippen molar-refractivity contribution in [1.29, 1.82) is 5.41 Å². The zero-order valence-electron chi connectivity index (χ0n) is 12.5. The molecular formula is C15H23N3O2S. The number of nitrogens with one attached hydrogen (secondary N) is 1. The molecule has 21 heavy (non-hydrogen) atoms. The Balaban J connectivity index is 2.03. The van der Waals surface area contributed by atoms with Crippen molar-refractivity contribution in [2.75, 3.05) is 18.8 Å². The Hall–Kier alpha value is -1.40. The normalized spacial score (nSPS) is 23.3. The van der Waals surface area contributed by atoms with Crippen molar-refractivity contribution in [1.82, 2.24) is 4.90 Å². The van der Waals surface area contributed by atoms with E-state index < -0.39 is 9.84 Å². The molecule has 1 saturated heterocycles. The number of hydrogen-bond acceptors (Lipinski definition) is 4. The third-order valence-electron chi connectivity index (χ3n) is 4.08. The van der Waals surface area contributed by atoms with Gasteiger partial charge in [-0.2, -0.15) is 0 Å². The lowest BCUT2D eigenvalue weighted by molar-refractivity contribution is 0.281. The molecule has 1 aromatic rings. The lowest BCUT2D eigenvalue weighted by Gasteiger charge is -2.20. The van der Waals surface area contributed by atoms with Crippen LogP contribution in [0.15, 0.2) is 29.2 Å². The highest BCUT2D eigenvalue weighted by Gasteiger charge is 2.27. The van der Waals surface area contributed by atoms with Gasteiger partial charge in [0.2, 0.25) is 0 Å². The van der Waals surface area contributed by atoms with Crippen LogP contribution in [0.4, 0.5) is 0 Å². The minimum atomic E-state index is -3.28. The molecule has 0 amide bonds. The fourth-order valence-corrected chi connectivity index (χ4v) is 4.16. The van der Waals surface area contributed by atoms with Gasteiger partial charge in [0.05, 0.1) is 10.6 Å². The highest BCUT2D eigenvalue weighted by atomic mass is 32.2. The van der Waals surface area contributed by atoms with Crippen LogP contribution < -0.4 is 5.73 Å². The van der Waals surface area contributed by atoms with Gasteiger partial charge in [-0.1, -0.05) is 19.1 Å². The molecule has 2 unspecified atom stereocenters. The van der Waals surface area contributed by atoms with Crippen LogP contribution in [-0.4, -0.2) is 44.0 Å². The fourth-order valence-electron chi connectivity index (χ4n) is 2.89. The van der Waals surface area contributed by atoms with E-state index >= 15 is 0 Å². The summed E-state index contributed by atoms with van der Waals surface area (Å²) in [5, 5.41) is 7.32. The van der Waals surface area contributed by atoms with Crippen LogP contribution in [0.25, 0.3) is 0 Å². The minimum Gasteiger partial charge on any atom is -0.384 e. The predicted molar refractivity (Wildman–Crippen MR) is 84.3 cm³/mol. The number of nitrogens with zero attached hydrogens (tertiary/aromatic N) is 1. The maximum absolute atomic E-state index is 12.3. The maximum Gasteiger partial charge on any atom is 0.179 e. The second kappa shape index (κ2) is 6.15. The lowest BCUT2D eigenvalue weighted by Crippen LogP contribution is -2.32. The van der Waals surface area contributed by atoms with E-state index in [2.05, 4.69) is 18.7 Å². The highest BCUT2D eigenvalue weighted by molar-refractivity contribution is 7.91. The van der Waals surface area contributed by atoms with Crippen molar-refractivity contribution in [2.45, 2.75) is 31.2 Å². The Kier molecular flexibility index (Phi) is 4.68. The number of rotatable bonds is 5. The fraction of sp³-hybridized carbons (Fsp3) is 0.533. The largest absolute Gasteiger partial charge is 0.384 e. The maximum atomic E-state index is 12.3. The lowest BCUT2D eigenvalue weighted by atomic mass is 10.1. The van der Waals surface area contributed by atoms with Crippen LogP contribution in [0.2, 0.25) is 0 Å². The molecule has 1 fully saturated rings. The van der Waals surface area contributed by atoms with Gasteiger partial charge in [-0.3, -0.25) is 10.3 Å². The molecular weight excluding hydrogens is 286 g/mol. The number of amidine groups is 1. The number of sulfone groups is 1. The summed E-state index contributed by atoms with van der Waals surface area (Å²) < 4.78 is 24.7. The van der Waals surface area contributed by atoms with Gasteiger partial charge < -0.3 is 5.73 Å². The molecule has 0 aromatic heterocycles. The van der Waals surface area contributed by atoms with Crippen molar-refractivity contribution in [3.63, 3.8) is 0 Å². The van der Waals surface area contributed by atoms with Gasteiger partial charge in [0, 0.05) is 24.7 Å². The van der Waals surface area contributed by atoms with E-state index in [0.29, 0.717) is 29.0 Å². The molecule has 1 heterocycles. The molecule has 116 valence electrons. The number of benzene rings is 1. The van der Waals surface area contributed by atoms with E-state index in [0.717, 1.165) is 13.0 Å². The Labute approximate surface area is 126 Å². The van der Waals surface area contributed by atoms with Crippen molar-refractivity contribution >= 4 is 15.7 Å². The third-order valence-corrected chi connectivity index (χ3v) is 5.80. The van der Waals surface area contributed by atoms with Crippen molar-refractivity contribution < 1.29 is 8.42 Å². The van der Waals surface area contributed by atoms with Gasteiger partial charge in [-0.25, -0.2) is 8.42 Å². The van der Waals surface area contributed by atoms with Gasteiger partial charge in [0.15, 0.2) is 9.84 Å². The Bertz CT molecular complexity index is 610. The van der Waals surface area contributed by atoms with E-state index in [1.54, 1.807) is 12.1 Å². The van der Waals surface area contributed by atoms with Gasteiger partial charge in [-0.05, 0) is 31.4 Å². The van der Waals surface area contributed by atoms with Gasteiger partial charge in [-0.15, -0.1) is 0 Å². The minimum absolute atomic E-state index is 0.0566. The first-order valence-corrected chi connectivity index (χ1v) is 8.86. The van der Waals surface area contributed by atoms with E-state index in [9.17, 15) is 8.42 Å². The van der Waals surface area contributed by atoms with Crippen molar-refractivity contribution in [3.8, 4) is 0 Å². The van der Waals surface area contributed by atoms with Crippen LogP contribution >= 0.6 is 0 Å². The molecule has 0 bridgehead atoms. The summed E-state index contributed by atoms with van der Waals surface area (Å²) in [5.41, 5.74) is 5.91. The quantitative estimate of drug-likeness (QED) is 0.637. The standard InChI is InChI=1S/C15H23N3O2S/c1-11-9-12(2)18(10-11)7-8-21(19,20)14-5-3-13(4-6-14)15(16)17/h3-6,11-12H,7-10H2,1-2H3,(H3,16,17). The Morgan fingerprint density at radius 3 is 2.43 bits per heavy atom. The van der Waals surface area contributed by atoms with Gasteiger partial charge >= 0.3 is 0 Å².